The fraction of sp³-hybridized carbons (Fsp3) is 1.00. The molecule has 2 nitrogen and oxygen atoms in total. The standard InChI is InChI=1S/C15H32N2/c1-6-14-7-9-15(10-8-14)17(5)13(3)12(2)11-16-4/h12-16H,6-11H2,1-5H3. The highest BCUT2D eigenvalue weighted by atomic mass is 15.2. The van der Waals surface area contributed by atoms with Crippen LogP contribution in [0.1, 0.15) is 52.9 Å². The topological polar surface area (TPSA) is 15.3 Å². The van der Waals surface area contributed by atoms with Gasteiger partial charge in [-0.25, -0.2) is 0 Å². The van der Waals surface area contributed by atoms with Crippen molar-refractivity contribution in [2.75, 3.05) is 20.6 Å². The normalized spacial score (nSPS) is 29.3. The molecule has 17 heavy (non-hydrogen) atoms. The molecule has 2 atom stereocenters. The Labute approximate surface area is 108 Å². The molecule has 1 N–H and O–H groups in total. The number of hydrogen-bond acceptors (Lipinski definition) is 2. The van der Waals surface area contributed by atoms with Crippen LogP contribution in [0, 0.1) is 11.8 Å². The van der Waals surface area contributed by atoms with Crippen molar-refractivity contribution in [2.45, 2.75) is 65.0 Å². The van der Waals surface area contributed by atoms with Crippen molar-refractivity contribution in [3.05, 3.63) is 0 Å². The van der Waals surface area contributed by atoms with E-state index in [-0.39, 0.29) is 0 Å². The van der Waals surface area contributed by atoms with Crippen LogP contribution in [0.25, 0.3) is 0 Å². The molecule has 0 spiro atoms. The third-order valence-electron chi connectivity index (χ3n) is 4.96. The third-order valence-corrected chi connectivity index (χ3v) is 4.96. The molecule has 1 aliphatic rings. The Kier molecular flexibility index (Phi) is 6.50. The number of nitrogens with zero attached hydrogens (tertiary/aromatic N) is 1. The monoisotopic (exact) mass is 240 g/mol. The van der Waals surface area contributed by atoms with Crippen LogP contribution in [0.5, 0.6) is 0 Å². The van der Waals surface area contributed by atoms with Crippen LogP contribution in [-0.4, -0.2) is 37.6 Å². The van der Waals surface area contributed by atoms with Crippen LogP contribution in [0.2, 0.25) is 0 Å². The van der Waals surface area contributed by atoms with Gasteiger partial charge in [0.15, 0.2) is 0 Å². The van der Waals surface area contributed by atoms with E-state index in [1.54, 1.807) is 0 Å². The second kappa shape index (κ2) is 7.38. The highest BCUT2D eigenvalue weighted by Crippen LogP contribution is 2.30. The summed E-state index contributed by atoms with van der Waals surface area (Å²) in [4.78, 5) is 2.63. The Morgan fingerprint density at radius 1 is 1.18 bits per heavy atom. The van der Waals surface area contributed by atoms with Gasteiger partial charge in [-0.1, -0.05) is 20.3 Å². The Hall–Kier alpha value is -0.0800. The Morgan fingerprint density at radius 3 is 2.24 bits per heavy atom. The van der Waals surface area contributed by atoms with Gasteiger partial charge in [-0.15, -0.1) is 0 Å². The summed E-state index contributed by atoms with van der Waals surface area (Å²) in [5.41, 5.74) is 0. The summed E-state index contributed by atoms with van der Waals surface area (Å²) in [6, 6.07) is 1.51. The van der Waals surface area contributed by atoms with Crippen molar-refractivity contribution in [3.63, 3.8) is 0 Å². The summed E-state index contributed by atoms with van der Waals surface area (Å²) in [6.45, 7) is 8.20. The molecule has 0 amide bonds. The Bertz CT molecular complexity index is 197. The molecule has 1 rings (SSSR count). The first-order valence-corrected chi connectivity index (χ1v) is 7.46. The van der Waals surface area contributed by atoms with Gasteiger partial charge < -0.3 is 10.2 Å². The summed E-state index contributed by atoms with van der Waals surface area (Å²) < 4.78 is 0. The van der Waals surface area contributed by atoms with Gasteiger partial charge in [0.05, 0.1) is 0 Å². The van der Waals surface area contributed by atoms with Gasteiger partial charge in [-0.3, -0.25) is 0 Å². The molecule has 0 heterocycles. The summed E-state index contributed by atoms with van der Waals surface area (Å²) in [5.74, 6) is 1.73. The van der Waals surface area contributed by atoms with Crippen LogP contribution in [0.4, 0.5) is 0 Å². The van der Waals surface area contributed by atoms with E-state index in [1.165, 1.54) is 32.1 Å². The van der Waals surface area contributed by atoms with Gasteiger partial charge in [-0.05, 0) is 65.1 Å². The zero-order valence-corrected chi connectivity index (χ0v) is 12.5. The highest BCUT2D eigenvalue weighted by molar-refractivity contribution is 4.82. The predicted molar refractivity (Wildman–Crippen MR) is 76.4 cm³/mol. The minimum atomic E-state index is 0.686. The van der Waals surface area contributed by atoms with Gasteiger partial charge in [0.2, 0.25) is 0 Å². The van der Waals surface area contributed by atoms with Crippen molar-refractivity contribution in [3.8, 4) is 0 Å². The van der Waals surface area contributed by atoms with Crippen LogP contribution in [0.3, 0.4) is 0 Å². The van der Waals surface area contributed by atoms with Crippen LogP contribution >= 0.6 is 0 Å². The van der Waals surface area contributed by atoms with Crippen LogP contribution < -0.4 is 5.32 Å². The molecule has 0 aromatic heterocycles. The SMILES string of the molecule is CCC1CCC(N(C)C(C)C(C)CNC)CC1. The van der Waals surface area contributed by atoms with Gasteiger partial charge in [-0.2, -0.15) is 0 Å². The fourth-order valence-electron chi connectivity index (χ4n) is 3.19. The molecule has 2 unspecified atom stereocenters. The maximum absolute atomic E-state index is 3.30. The predicted octanol–water partition coefficient (Wildman–Crippen LogP) is 3.13. The van der Waals surface area contributed by atoms with Crippen molar-refractivity contribution in [1.29, 1.82) is 0 Å². The third kappa shape index (κ3) is 4.26. The van der Waals surface area contributed by atoms with E-state index in [9.17, 15) is 0 Å². The molecule has 0 bridgehead atoms. The Balaban J connectivity index is 2.39. The van der Waals surface area contributed by atoms with Crippen molar-refractivity contribution < 1.29 is 0 Å². The number of nitrogens with one attached hydrogen (secondary N) is 1. The molecular formula is C15H32N2. The maximum Gasteiger partial charge on any atom is 0.0104 e. The van der Waals surface area contributed by atoms with E-state index in [4.69, 9.17) is 0 Å². The van der Waals surface area contributed by atoms with Gasteiger partial charge >= 0.3 is 0 Å². The van der Waals surface area contributed by atoms with Crippen molar-refractivity contribution in [2.24, 2.45) is 11.8 Å². The lowest BCUT2D eigenvalue weighted by Gasteiger charge is -2.40. The van der Waals surface area contributed by atoms with Crippen molar-refractivity contribution in [1.82, 2.24) is 10.2 Å². The molecule has 0 radical (unpaired) electrons. The molecule has 0 aromatic carbocycles. The van der Waals surface area contributed by atoms with E-state index in [0.717, 1.165) is 24.4 Å². The molecule has 1 saturated carbocycles. The lowest BCUT2D eigenvalue weighted by Crippen LogP contribution is -2.45. The molecular weight excluding hydrogens is 208 g/mol. The summed E-state index contributed by atoms with van der Waals surface area (Å²) in [6.07, 6.45) is 7.08. The van der Waals surface area contributed by atoms with Gasteiger partial charge in [0, 0.05) is 12.1 Å². The highest BCUT2D eigenvalue weighted by Gasteiger charge is 2.27. The van der Waals surface area contributed by atoms with E-state index in [2.05, 4.69) is 45.1 Å². The van der Waals surface area contributed by atoms with E-state index in [0.29, 0.717) is 6.04 Å². The smallest absolute Gasteiger partial charge is 0.0104 e. The van der Waals surface area contributed by atoms with E-state index in [1.807, 2.05) is 0 Å². The number of rotatable bonds is 6. The zero-order valence-electron chi connectivity index (χ0n) is 12.5. The minimum Gasteiger partial charge on any atom is -0.319 e. The quantitative estimate of drug-likeness (QED) is 0.767. The average Bonchev–Trinajstić information content (AvgIpc) is 2.37. The Morgan fingerprint density at radius 2 is 1.76 bits per heavy atom. The lowest BCUT2D eigenvalue weighted by atomic mass is 9.83. The first kappa shape index (κ1) is 15.0. The average molecular weight is 240 g/mol. The molecule has 0 aromatic rings. The largest absolute Gasteiger partial charge is 0.319 e. The first-order valence-electron chi connectivity index (χ1n) is 7.46. The van der Waals surface area contributed by atoms with Crippen LogP contribution in [-0.2, 0) is 0 Å². The molecule has 0 aliphatic heterocycles. The maximum atomic E-state index is 3.30. The zero-order chi connectivity index (χ0) is 12.8. The first-order chi connectivity index (χ1) is 8.10. The summed E-state index contributed by atoms with van der Waals surface area (Å²) in [5, 5.41) is 3.30. The minimum absolute atomic E-state index is 0.686. The molecule has 1 fully saturated rings. The van der Waals surface area contributed by atoms with Gasteiger partial charge in [0.1, 0.15) is 0 Å². The lowest BCUT2D eigenvalue weighted by molar-refractivity contribution is 0.0994. The number of hydrogen-bond donors (Lipinski definition) is 1. The van der Waals surface area contributed by atoms with E-state index >= 15 is 0 Å². The second-order valence-corrected chi connectivity index (χ2v) is 6.02. The van der Waals surface area contributed by atoms with Crippen molar-refractivity contribution >= 4 is 0 Å². The molecule has 1 aliphatic carbocycles. The molecule has 102 valence electrons. The van der Waals surface area contributed by atoms with E-state index < -0.39 is 0 Å². The fourth-order valence-corrected chi connectivity index (χ4v) is 3.19. The van der Waals surface area contributed by atoms with Gasteiger partial charge in [0.25, 0.3) is 0 Å². The molecule has 0 saturated heterocycles. The second-order valence-electron chi connectivity index (χ2n) is 6.02. The van der Waals surface area contributed by atoms with Crippen LogP contribution in [0.15, 0.2) is 0 Å². The molecule has 2 heteroatoms. The summed E-state index contributed by atoms with van der Waals surface area (Å²) >= 11 is 0. The summed E-state index contributed by atoms with van der Waals surface area (Å²) in [7, 11) is 4.38.